The van der Waals surface area contributed by atoms with Gasteiger partial charge in [0, 0.05) is 6.42 Å². The van der Waals surface area contributed by atoms with E-state index < -0.39 is 5.97 Å². The number of carbonyl (C=O) groups is 1. The fourth-order valence-corrected chi connectivity index (χ4v) is 2.22. The van der Waals surface area contributed by atoms with Gasteiger partial charge in [-0.1, -0.05) is 36.4 Å². The van der Waals surface area contributed by atoms with Crippen LogP contribution >= 0.6 is 0 Å². The first-order valence-corrected chi connectivity index (χ1v) is 7.46. The Balaban J connectivity index is 1.56. The third kappa shape index (κ3) is 3.81. The van der Waals surface area contributed by atoms with Crippen molar-refractivity contribution in [2.75, 3.05) is 0 Å². The molecule has 0 spiro atoms. The van der Waals surface area contributed by atoms with Gasteiger partial charge in [-0.15, -0.1) is 5.10 Å². The molecule has 24 heavy (non-hydrogen) atoms. The molecule has 0 bridgehead atoms. The van der Waals surface area contributed by atoms with Crippen LogP contribution in [-0.2, 0) is 22.6 Å². The number of esters is 1. The molecular weight excluding hydrogens is 311 g/mol. The lowest BCUT2D eigenvalue weighted by molar-refractivity contribution is -0.145. The molecule has 3 aromatic rings. The molecule has 7 heteroatoms. The van der Waals surface area contributed by atoms with Crippen LogP contribution in [-0.4, -0.2) is 26.2 Å². The van der Waals surface area contributed by atoms with Crippen molar-refractivity contribution >= 4 is 5.97 Å². The highest BCUT2D eigenvalue weighted by molar-refractivity contribution is 5.69. The fourth-order valence-electron chi connectivity index (χ4n) is 2.22. The van der Waals surface area contributed by atoms with Gasteiger partial charge < -0.3 is 4.74 Å². The number of hydrogen-bond donors (Lipinski definition) is 0. The van der Waals surface area contributed by atoms with E-state index in [9.17, 15) is 9.18 Å². The lowest BCUT2D eigenvalue weighted by Gasteiger charge is -2.06. The average molecular weight is 326 g/mol. The minimum absolute atomic E-state index is 0.0437. The molecule has 6 nitrogen and oxygen atoms in total. The zero-order chi connectivity index (χ0) is 16.8. The normalized spacial score (nSPS) is 10.5. The predicted molar refractivity (Wildman–Crippen MR) is 83.7 cm³/mol. The van der Waals surface area contributed by atoms with Gasteiger partial charge in [0.2, 0.25) is 0 Å². The molecule has 2 aromatic carbocycles. The summed E-state index contributed by atoms with van der Waals surface area (Å²) in [5.74, 6) is -0.334. The van der Waals surface area contributed by atoms with E-state index in [0.717, 1.165) is 5.69 Å². The zero-order valence-electron chi connectivity index (χ0n) is 12.8. The van der Waals surface area contributed by atoms with Crippen molar-refractivity contribution in [2.24, 2.45) is 0 Å². The van der Waals surface area contributed by atoms with E-state index in [1.165, 1.54) is 10.7 Å². The molecular formula is C17H15FN4O2. The smallest absolute Gasteiger partial charge is 0.306 e. The standard InChI is InChI=1S/C17H15FN4O2/c18-15-9-5-4-6-13(15)10-11-17(23)24-12-16-19-20-21-22(16)14-7-2-1-3-8-14/h1-9H,10-12H2. The number of carbonyl (C=O) groups excluding carboxylic acids is 1. The number of halogens is 1. The first-order chi connectivity index (χ1) is 11.7. The SMILES string of the molecule is O=C(CCc1ccccc1F)OCc1nnnn1-c1ccccc1. The first kappa shape index (κ1) is 15.8. The van der Waals surface area contributed by atoms with E-state index in [1.54, 1.807) is 18.2 Å². The van der Waals surface area contributed by atoms with E-state index in [1.807, 2.05) is 30.3 Å². The van der Waals surface area contributed by atoms with Crippen LogP contribution in [0.5, 0.6) is 0 Å². The number of aryl methyl sites for hydroxylation is 1. The molecule has 0 aliphatic rings. The number of hydrogen-bond acceptors (Lipinski definition) is 5. The molecule has 0 aliphatic carbocycles. The molecule has 0 radical (unpaired) electrons. The molecule has 0 aliphatic heterocycles. The number of tetrazole rings is 1. The number of ether oxygens (including phenoxy) is 1. The quantitative estimate of drug-likeness (QED) is 0.651. The highest BCUT2D eigenvalue weighted by Gasteiger charge is 2.12. The molecule has 122 valence electrons. The maximum absolute atomic E-state index is 13.5. The Morgan fingerprint density at radius 1 is 1.08 bits per heavy atom. The highest BCUT2D eigenvalue weighted by atomic mass is 19.1. The summed E-state index contributed by atoms with van der Waals surface area (Å²) in [5, 5.41) is 11.3. The summed E-state index contributed by atoms with van der Waals surface area (Å²) in [6.07, 6.45) is 0.378. The van der Waals surface area contributed by atoms with Gasteiger partial charge in [0.1, 0.15) is 5.82 Å². The molecule has 0 saturated carbocycles. The Hall–Kier alpha value is -3.09. The van der Waals surface area contributed by atoms with Crippen molar-refractivity contribution in [1.29, 1.82) is 0 Å². The maximum Gasteiger partial charge on any atom is 0.306 e. The van der Waals surface area contributed by atoms with Crippen LogP contribution in [0.2, 0.25) is 0 Å². The highest BCUT2D eigenvalue weighted by Crippen LogP contribution is 2.11. The number of rotatable bonds is 6. The van der Waals surface area contributed by atoms with Gasteiger partial charge in [-0.25, -0.2) is 4.39 Å². The van der Waals surface area contributed by atoms with Crippen LogP contribution in [0.15, 0.2) is 54.6 Å². The molecule has 0 amide bonds. The van der Waals surface area contributed by atoms with E-state index in [-0.39, 0.29) is 25.3 Å². The molecule has 0 saturated heterocycles. The van der Waals surface area contributed by atoms with Crippen molar-refractivity contribution in [3.8, 4) is 5.69 Å². The third-order valence-electron chi connectivity index (χ3n) is 3.45. The maximum atomic E-state index is 13.5. The number of benzene rings is 2. The van der Waals surface area contributed by atoms with Crippen LogP contribution in [0, 0.1) is 5.82 Å². The third-order valence-corrected chi connectivity index (χ3v) is 3.45. The van der Waals surface area contributed by atoms with Crippen molar-refractivity contribution in [3.63, 3.8) is 0 Å². The van der Waals surface area contributed by atoms with Gasteiger partial charge in [-0.05, 0) is 40.6 Å². The molecule has 1 heterocycles. The van der Waals surface area contributed by atoms with Crippen molar-refractivity contribution in [2.45, 2.75) is 19.4 Å². The fraction of sp³-hybridized carbons (Fsp3) is 0.176. The Morgan fingerprint density at radius 3 is 2.62 bits per heavy atom. The monoisotopic (exact) mass is 326 g/mol. The molecule has 1 aromatic heterocycles. The molecule has 0 unspecified atom stereocenters. The Morgan fingerprint density at radius 2 is 1.83 bits per heavy atom. The van der Waals surface area contributed by atoms with Crippen LogP contribution in [0.1, 0.15) is 17.8 Å². The van der Waals surface area contributed by atoms with Gasteiger partial charge in [-0.2, -0.15) is 4.68 Å². The summed E-state index contributed by atoms with van der Waals surface area (Å²) in [5.41, 5.74) is 1.27. The minimum Gasteiger partial charge on any atom is -0.457 e. The summed E-state index contributed by atoms with van der Waals surface area (Å²) in [7, 11) is 0. The number of para-hydroxylation sites is 1. The summed E-state index contributed by atoms with van der Waals surface area (Å²) >= 11 is 0. The van der Waals surface area contributed by atoms with E-state index >= 15 is 0 Å². The van der Waals surface area contributed by atoms with E-state index in [4.69, 9.17) is 4.74 Å². The second-order valence-corrected chi connectivity index (χ2v) is 5.09. The summed E-state index contributed by atoms with van der Waals surface area (Å²) < 4.78 is 20.2. The molecule has 0 N–H and O–H groups in total. The van der Waals surface area contributed by atoms with Gasteiger partial charge in [0.05, 0.1) is 5.69 Å². The Bertz CT molecular complexity index is 820. The Labute approximate surface area is 137 Å². The molecule has 0 fully saturated rings. The second kappa shape index (κ2) is 7.45. The zero-order valence-corrected chi connectivity index (χ0v) is 12.8. The summed E-state index contributed by atoms with van der Waals surface area (Å²) in [6.45, 7) is -0.0437. The van der Waals surface area contributed by atoms with E-state index in [2.05, 4.69) is 15.5 Å². The van der Waals surface area contributed by atoms with E-state index in [0.29, 0.717) is 11.4 Å². The minimum atomic E-state index is -0.430. The lowest BCUT2D eigenvalue weighted by atomic mass is 10.1. The van der Waals surface area contributed by atoms with Crippen LogP contribution in [0.4, 0.5) is 4.39 Å². The van der Waals surface area contributed by atoms with Crippen LogP contribution in [0.25, 0.3) is 5.69 Å². The lowest BCUT2D eigenvalue weighted by Crippen LogP contribution is -2.10. The second-order valence-electron chi connectivity index (χ2n) is 5.09. The van der Waals surface area contributed by atoms with Crippen molar-refractivity contribution < 1.29 is 13.9 Å². The molecule has 0 atom stereocenters. The largest absolute Gasteiger partial charge is 0.457 e. The van der Waals surface area contributed by atoms with Gasteiger partial charge in [0.15, 0.2) is 12.4 Å². The van der Waals surface area contributed by atoms with Gasteiger partial charge in [0.25, 0.3) is 0 Å². The molecule has 3 rings (SSSR count). The van der Waals surface area contributed by atoms with Crippen molar-refractivity contribution in [3.05, 3.63) is 71.8 Å². The predicted octanol–water partition coefficient (Wildman–Crippen LogP) is 2.48. The first-order valence-electron chi connectivity index (χ1n) is 7.46. The van der Waals surface area contributed by atoms with Gasteiger partial charge >= 0.3 is 5.97 Å². The summed E-state index contributed by atoms with van der Waals surface area (Å²) in [6, 6.07) is 15.7. The van der Waals surface area contributed by atoms with Crippen LogP contribution in [0.3, 0.4) is 0 Å². The average Bonchev–Trinajstić information content (AvgIpc) is 3.08. The number of aromatic nitrogens is 4. The Kier molecular flexibility index (Phi) is 4.90. The number of nitrogens with zero attached hydrogens (tertiary/aromatic N) is 4. The van der Waals surface area contributed by atoms with Crippen molar-refractivity contribution in [1.82, 2.24) is 20.2 Å². The summed E-state index contributed by atoms with van der Waals surface area (Å²) in [4.78, 5) is 11.8. The topological polar surface area (TPSA) is 69.9 Å². The van der Waals surface area contributed by atoms with Crippen LogP contribution < -0.4 is 0 Å². The van der Waals surface area contributed by atoms with Gasteiger partial charge in [-0.3, -0.25) is 4.79 Å².